The molecule has 0 radical (unpaired) electrons. The fraction of sp³-hybridized carbons (Fsp3) is 0.296. The molecule has 2 aromatic heterocycles. The molecule has 0 aliphatic carbocycles. The van der Waals surface area contributed by atoms with Crippen molar-refractivity contribution in [1.29, 1.82) is 0 Å². The Morgan fingerprint density at radius 3 is 2.70 bits per heavy atom. The molecule has 37 heavy (non-hydrogen) atoms. The van der Waals surface area contributed by atoms with Crippen molar-refractivity contribution < 1.29 is 14.5 Å². The smallest absolute Gasteiger partial charge is 0.293 e. The van der Waals surface area contributed by atoms with E-state index in [2.05, 4.69) is 4.98 Å². The molecule has 0 bridgehead atoms. The fourth-order valence-corrected chi connectivity index (χ4v) is 5.52. The minimum Gasteiger partial charge on any atom is -0.492 e. The molecule has 1 fully saturated rings. The number of benzene rings is 2. The Bertz CT molecular complexity index is 1420. The van der Waals surface area contributed by atoms with Crippen LogP contribution in [0.2, 0.25) is 0 Å². The lowest BCUT2D eigenvalue weighted by Gasteiger charge is -2.28. The second kappa shape index (κ2) is 10.9. The van der Waals surface area contributed by atoms with Gasteiger partial charge >= 0.3 is 0 Å². The van der Waals surface area contributed by atoms with Gasteiger partial charge in [0, 0.05) is 30.9 Å². The second-order valence-electron chi connectivity index (χ2n) is 8.75. The van der Waals surface area contributed by atoms with E-state index in [1.54, 1.807) is 18.3 Å². The molecular weight excluding hydrogens is 490 g/mol. The third-order valence-electron chi connectivity index (χ3n) is 6.31. The van der Waals surface area contributed by atoms with E-state index >= 15 is 0 Å². The van der Waals surface area contributed by atoms with Gasteiger partial charge in [-0.2, -0.15) is 0 Å². The number of nitrogens with zero attached hydrogens (tertiary/aromatic N) is 5. The lowest BCUT2D eigenvalue weighted by Crippen LogP contribution is -2.32. The number of rotatable bonds is 8. The molecule has 9 nitrogen and oxygen atoms in total. The number of aromatic nitrogens is 2. The van der Waals surface area contributed by atoms with E-state index in [4.69, 9.17) is 9.72 Å². The van der Waals surface area contributed by atoms with Gasteiger partial charge in [0.15, 0.2) is 5.13 Å². The van der Waals surface area contributed by atoms with Gasteiger partial charge in [0.25, 0.3) is 11.6 Å². The van der Waals surface area contributed by atoms with Gasteiger partial charge in [-0.25, -0.2) is 4.98 Å². The first-order chi connectivity index (χ1) is 18.0. The van der Waals surface area contributed by atoms with Crippen molar-refractivity contribution in [3.8, 4) is 5.75 Å². The molecule has 4 aromatic rings. The fourth-order valence-electron chi connectivity index (χ4n) is 4.54. The summed E-state index contributed by atoms with van der Waals surface area (Å²) in [5.41, 5.74) is 2.08. The summed E-state index contributed by atoms with van der Waals surface area (Å²) >= 11 is 1.37. The Morgan fingerprint density at radius 2 is 1.97 bits per heavy atom. The maximum atomic E-state index is 13.9. The van der Waals surface area contributed by atoms with E-state index in [0.717, 1.165) is 37.1 Å². The Morgan fingerprint density at radius 1 is 1.14 bits per heavy atom. The van der Waals surface area contributed by atoms with E-state index in [1.807, 2.05) is 48.2 Å². The predicted molar refractivity (Wildman–Crippen MR) is 145 cm³/mol. The number of amides is 1. The highest BCUT2D eigenvalue weighted by Crippen LogP contribution is 2.36. The van der Waals surface area contributed by atoms with E-state index in [0.29, 0.717) is 34.4 Å². The number of carbonyl (C=O) groups excluding carboxylic acids is 1. The predicted octanol–water partition coefficient (Wildman–Crippen LogP) is 5.84. The first-order valence-electron chi connectivity index (χ1n) is 12.3. The number of anilines is 2. The van der Waals surface area contributed by atoms with Crippen LogP contribution >= 0.6 is 11.3 Å². The molecule has 0 N–H and O–H groups in total. The summed E-state index contributed by atoms with van der Waals surface area (Å²) in [5, 5.41) is 12.5. The zero-order valence-corrected chi connectivity index (χ0v) is 21.3. The molecule has 5 rings (SSSR count). The van der Waals surface area contributed by atoms with Gasteiger partial charge in [-0.15, -0.1) is 0 Å². The number of piperidine rings is 1. The summed E-state index contributed by atoms with van der Waals surface area (Å²) in [4.78, 5) is 38.2. The van der Waals surface area contributed by atoms with E-state index < -0.39 is 4.92 Å². The number of hydrogen-bond donors (Lipinski definition) is 0. The maximum absolute atomic E-state index is 13.9. The zero-order chi connectivity index (χ0) is 25.8. The van der Waals surface area contributed by atoms with Crippen molar-refractivity contribution in [3.05, 3.63) is 82.2 Å². The summed E-state index contributed by atoms with van der Waals surface area (Å²) in [6.45, 7) is 4.12. The number of para-hydroxylation sites is 1. The zero-order valence-electron chi connectivity index (χ0n) is 20.5. The molecule has 1 amide bonds. The van der Waals surface area contributed by atoms with E-state index in [-0.39, 0.29) is 23.7 Å². The molecule has 1 aliphatic rings. The molecule has 0 atom stereocenters. The van der Waals surface area contributed by atoms with Crippen LogP contribution in [0.3, 0.4) is 0 Å². The van der Waals surface area contributed by atoms with Crippen molar-refractivity contribution in [2.75, 3.05) is 29.5 Å². The van der Waals surface area contributed by atoms with Crippen LogP contribution in [0.5, 0.6) is 5.75 Å². The van der Waals surface area contributed by atoms with Gasteiger partial charge in [0.1, 0.15) is 17.0 Å². The molecule has 190 valence electrons. The minimum atomic E-state index is -0.407. The van der Waals surface area contributed by atoms with Crippen LogP contribution in [0.1, 0.15) is 42.2 Å². The highest BCUT2D eigenvalue weighted by atomic mass is 32.1. The van der Waals surface area contributed by atoms with Crippen LogP contribution < -0.4 is 14.5 Å². The number of pyridine rings is 1. The number of fused-ring (bicyclic) bond motifs is 1. The molecule has 10 heteroatoms. The van der Waals surface area contributed by atoms with Gasteiger partial charge in [0.05, 0.1) is 28.5 Å². The van der Waals surface area contributed by atoms with Crippen LogP contribution in [0.25, 0.3) is 10.2 Å². The topological polar surface area (TPSA) is 102 Å². The molecule has 0 unspecified atom stereocenters. The van der Waals surface area contributed by atoms with Crippen LogP contribution in [0.15, 0.2) is 60.8 Å². The molecule has 1 aliphatic heterocycles. The Hall–Kier alpha value is -4.05. The van der Waals surface area contributed by atoms with E-state index in [9.17, 15) is 14.9 Å². The van der Waals surface area contributed by atoms with Gasteiger partial charge in [-0.05, 0) is 62.6 Å². The molecule has 2 aromatic carbocycles. The lowest BCUT2D eigenvalue weighted by molar-refractivity contribution is -0.384. The second-order valence-corrected chi connectivity index (χ2v) is 9.76. The minimum absolute atomic E-state index is 0.0616. The van der Waals surface area contributed by atoms with Gasteiger partial charge < -0.3 is 9.64 Å². The lowest BCUT2D eigenvalue weighted by atomic mass is 10.1. The average molecular weight is 518 g/mol. The number of thiazole rings is 1. The molecule has 3 heterocycles. The van der Waals surface area contributed by atoms with Crippen LogP contribution in [-0.4, -0.2) is 40.5 Å². The highest BCUT2D eigenvalue weighted by molar-refractivity contribution is 7.22. The summed E-state index contributed by atoms with van der Waals surface area (Å²) in [6.07, 6.45) is 4.78. The quantitative estimate of drug-likeness (QED) is 0.214. The molecular formula is C27H27N5O4S. The summed E-state index contributed by atoms with van der Waals surface area (Å²) in [6, 6.07) is 15.9. The van der Waals surface area contributed by atoms with Crippen molar-refractivity contribution in [2.45, 2.75) is 32.7 Å². The van der Waals surface area contributed by atoms with Crippen LogP contribution in [0, 0.1) is 10.1 Å². The third-order valence-corrected chi connectivity index (χ3v) is 7.35. The first kappa shape index (κ1) is 24.6. The SMILES string of the molecule is CCOc1cccc2sc(N(Cc3ccccn3)C(=O)c3ccc(N4CCCCC4)c([N+](=O)[O-])c3)nc12. The van der Waals surface area contributed by atoms with Crippen molar-refractivity contribution in [2.24, 2.45) is 0 Å². The first-order valence-corrected chi connectivity index (χ1v) is 13.1. The van der Waals surface area contributed by atoms with Crippen LogP contribution in [-0.2, 0) is 6.54 Å². The number of carbonyl (C=O) groups is 1. The largest absolute Gasteiger partial charge is 0.492 e. The summed E-state index contributed by atoms with van der Waals surface area (Å²) in [7, 11) is 0. The average Bonchev–Trinajstić information content (AvgIpc) is 3.37. The number of nitro benzene ring substituents is 1. The standard InChI is InChI=1S/C27H27N5O4S/c1-2-36-23-10-8-11-24-25(23)29-27(37-24)31(18-20-9-4-5-14-28-20)26(33)19-12-13-21(22(17-19)32(34)35)30-15-6-3-7-16-30/h4-5,8-14,17H,2-3,6-7,15-16,18H2,1H3. The Kier molecular flexibility index (Phi) is 7.27. The maximum Gasteiger partial charge on any atom is 0.293 e. The molecule has 0 spiro atoms. The Balaban J connectivity index is 1.55. The number of nitro groups is 1. The normalized spacial score (nSPS) is 13.5. The van der Waals surface area contributed by atoms with E-state index in [1.165, 1.54) is 22.3 Å². The summed E-state index contributed by atoms with van der Waals surface area (Å²) < 4.78 is 6.62. The Labute approximate surface area is 218 Å². The highest BCUT2D eigenvalue weighted by Gasteiger charge is 2.27. The molecule has 0 saturated carbocycles. The molecule has 1 saturated heterocycles. The van der Waals surface area contributed by atoms with Gasteiger partial charge in [-0.1, -0.05) is 23.5 Å². The third kappa shape index (κ3) is 5.24. The number of hydrogen-bond acceptors (Lipinski definition) is 8. The van der Waals surface area contributed by atoms with Crippen molar-refractivity contribution in [3.63, 3.8) is 0 Å². The van der Waals surface area contributed by atoms with Crippen molar-refractivity contribution in [1.82, 2.24) is 9.97 Å². The van der Waals surface area contributed by atoms with Gasteiger partial charge in [-0.3, -0.25) is 24.8 Å². The monoisotopic (exact) mass is 517 g/mol. The van der Waals surface area contributed by atoms with Gasteiger partial charge in [0.2, 0.25) is 0 Å². The van der Waals surface area contributed by atoms with Crippen LogP contribution in [0.4, 0.5) is 16.5 Å². The van der Waals surface area contributed by atoms with Crippen molar-refractivity contribution >= 4 is 44.0 Å². The summed E-state index contributed by atoms with van der Waals surface area (Å²) in [5.74, 6) is 0.269. The number of ether oxygens (including phenoxy) is 1.